The van der Waals surface area contributed by atoms with Gasteiger partial charge in [-0.3, -0.25) is 4.79 Å². The summed E-state index contributed by atoms with van der Waals surface area (Å²) in [5.41, 5.74) is 7.95. The van der Waals surface area contributed by atoms with E-state index in [9.17, 15) is 14.7 Å². The zero-order valence-electron chi connectivity index (χ0n) is 10.5. The van der Waals surface area contributed by atoms with Crippen LogP contribution in [0.2, 0.25) is 0 Å². The predicted octanol–water partition coefficient (Wildman–Crippen LogP) is 0.731. The molecule has 0 aromatic rings. The molecule has 0 bridgehead atoms. The van der Waals surface area contributed by atoms with E-state index >= 15 is 0 Å². The molecular formula is C12H18N2O4. The molecule has 0 saturated heterocycles. The van der Waals surface area contributed by atoms with Crippen molar-refractivity contribution in [1.29, 1.82) is 0 Å². The highest BCUT2D eigenvalue weighted by Crippen LogP contribution is 2.27. The zero-order valence-corrected chi connectivity index (χ0v) is 10.5. The van der Waals surface area contributed by atoms with Crippen molar-refractivity contribution in [2.45, 2.75) is 44.6 Å². The molecule has 1 atom stereocenters. The molecule has 0 radical (unpaired) electrons. The van der Waals surface area contributed by atoms with E-state index in [0.29, 0.717) is 0 Å². The molecule has 1 N–H and O–H groups in total. The quantitative estimate of drug-likeness (QED) is 0.257. The summed E-state index contributed by atoms with van der Waals surface area (Å²) in [6, 6.07) is 0. The fourth-order valence-corrected chi connectivity index (χ4v) is 2.28. The van der Waals surface area contributed by atoms with Crippen LogP contribution in [0.25, 0.3) is 5.53 Å². The van der Waals surface area contributed by atoms with Crippen LogP contribution in [0, 0.1) is 5.92 Å². The summed E-state index contributed by atoms with van der Waals surface area (Å²) in [4.78, 5) is 25.4. The summed E-state index contributed by atoms with van der Waals surface area (Å²) >= 11 is 0. The summed E-state index contributed by atoms with van der Waals surface area (Å²) in [6.45, 7) is 0. The third-order valence-electron chi connectivity index (χ3n) is 3.33. The van der Waals surface area contributed by atoms with Crippen LogP contribution in [0.4, 0.5) is 0 Å². The summed E-state index contributed by atoms with van der Waals surface area (Å²) in [5, 5.41) is 9.93. The smallest absolute Gasteiger partial charge is 0.441 e. The van der Waals surface area contributed by atoms with Gasteiger partial charge in [0.1, 0.15) is 0 Å². The highest BCUT2D eigenvalue weighted by atomic mass is 16.5. The Morgan fingerprint density at radius 3 is 2.50 bits per heavy atom. The van der Waals surface area contributed by atoms with Gasteiger partial charge < -0.3 is 15.4 Å². The number of methoxy groups -OCH3 is 1. The summed E-state index contributed by atoms with van der Waals surface area (Å²) < 4.78 is 4.32. The lowest BCUT2D eigenvalue weighted by Crippen LogP contribution is -2.32. The van der Waals surface area contributed by atoms with Gasteiger partial charge in [0.15, 0.2) is 0 Å². The second-order valence-corrected chi connectivity index (χ2v) is 4.53. The van der Waals surface area contributed by atoms with Crippen LogP contribution < -0.4 is 0 Å². The van der Waals surface area contributed by atoms with Crippen molar-refractivity contribution in [2.24, 2.45) is 5.92 Å². The number of carbonyl (C=O) groups is 2. The molecule has 6 heteroatoms. The molecule has 100 valence electrons. The minimum Gasteiger partial charge on any atom is -0.460 e. The monoisotopic (exact) mass is 254 g/mol. The molecule has 1 aliphatic carbocycles. The lowest BCUT2D eigenvalue weighted by molar-refractivity contribution is -0.140. The van der Waals surface area contributed by atoms with Crippen molar-refractivity contribution in [3.05, 3.63) is 5.53 Å². The van der Waals surface area contributed by atoms with E-state index in [-0.39, 0.29) is 12.3 Å². The molecule has 1 fully saturated rings. The first-order chi connectivity index (χ1) is 8.60. The molecule has 0 spiro atoms. The maximum atomic E-state index is 11.7. The van der Waals surface area contributed by atoms with Gasteiger partial charge in [-0.2, -0.15) is 4.79 Å². The van der Waals surface area contributed by atoms with Crippen LogP contribution in [0.5, 0.6) is 0 Å². The topological polar surface area (TPSA) is 100 Å². The highest BCUT2D eigenvalue weighted by Gasteiger charge is 2.34. The number of hydrogen-bond acceptors (Lipinski definition) is 4. The molecule has 0 heterocycles. The van der Waals surface area contributed by atoms with Gasteiger partial charge in [-0.25, -0.2) is 4.79 Å². The number of ether oxygens (including phenoxy) is 1. The molecule has 1 saturated carbocycles. The number of aliphatic hydroxyl groups is 1. The van der Waals surface area contributed by atoms with Crippen molar-refractivity contribution >= 4 is 17.5 Å². The van der Waals surface area contributed by atoms with Crippen LogP contribution in [-0.2, 0) is 14.3 Å². The normalized spacial score (nSPS) is 17.7. The molecule has 18 heavy (non-hydrogen) atoms. The number of ketones is 1. The van der Waals surface area contributed by atoms with E-state index in [0.717, 1.165) is 39.2 Å². The van der Waals surface area contributed by atoms with Gasteiger partial charge >= 0.3 is 11.7 Å². The summed E-state index contributed by atoms with van der Waals surface area (Å²) in [5.74, 6) is -1.60. The molecule has 0 amide bonds. The van der Waals surface area contributed by atoms with E-state index in [2.05, 4.69) is 9.53 Å². The van der Waals surface area contributed by atoms with Gasteiger partial charge in [0.25, 0.3) is 5.78 Å². The first-order valence-corrected chi connectivity index (χ1v) is 6.11. The Bertz CT molecular complexity index is 368. The Kier molecular flexibility index (Phi) is 5.68. The van der Waals surface area contributed by atoms with Crippen molar-refractivity contribution < 1.29 is 24.2 Å². The second kappa shape index (κ2) is 7.03. The van der Waals surface area contributed by atoms with Crippen LogP contribution in [0.15, 0.2) is 0 Å². The predicted molar refractivity (Wildman–Crippen MR) is 62.8 cm³/mol. The number of hydrogen-bond donors (Lipinski definition) is 1. The molecule has 1 rings (SSSR count). The molecule has 1 unspecified atom stereocenters. The first-order valence-electron chi connectivity index (χ1n) is 6.11. The number of rotatable bonds is 5. The highest BCUT2D eigenvalue weighted by molar-refractivity contribution is 6.62. The summed E-state index contributed by atoms with van der Waals surface area (Å²) in [7, 11) is 1.10. The molecule has 0 aromatic carbocycles. The van der Waals surface area contributed by atoms with E-state index < -0.39 is 23.6 Å². The maximum Gasteiger partial charge on any atom is 0.441 e. The zero-order chi connectivity index (χ0) is 13.5. The second-order valence-electron chi connectivity index (χ2n) is 4.53. The number of aliphatic hydroxyl groups excluding tert-OH is 1. The fraction of sp³-hybridized carbons (Fsp3) is 0.750. The Morgan fingerprint density at radius 2 is 2.00 bits per heavy atom. The third kappa shape index (κ3) is 3.75. The number of Topliss-reactive ketones (excluding diaryl/α,β-unsaturated/α-hetero) is 1. The van der Waals surface area contributed by atoms with E-state index in [1.807, 2.05) is 0 Å². The van der Waals surface area contributed by atoms with Gasteiger partial charge in [0.2, 0.25) is 0 Å². The van der Waals surface area contributed by atoms with Crippen molar-refractivity contribution in [3.8, 4) is 0 Å². The number of nitrogens with zero attached hydrogens (tertiary/aromatic N) is 2. The van der Waals surface area contributed by atoms with Crippen LogP contribution >= 0.6 is 0 Å². The van der Waals surface area contributed by atoms with Crippen molar-refractivity contribution in [1.82, 2.24) is 0 Å². The maximum absolute atomic E-state index is 11.7. The van der Waals surface area contributed by atoms with Gasteiger partial charge in [0, 0.05) is 6.42 Å². The average Bonchev–Trinajstić information content (AvgIpc) is 2.40. The summed E-state index contributed by atoms with van der Waals surface area (Å²) in [6.07, 6.45) is 4.03. The Hall–Kier alpha value is -1.52. The number of esters is 1. The Morgan fingerprint density at radius 1 is 1.39 bits per heavy atom. The van der Waals surface area contributed by atoms with Crippen LogP contribution in [-0.4, -0.2) is 40.6 Å². The van der Waals surface area contributed by atoms with Gasteiger partial charge in [-0.15, -0.1) is 0 Å². The Labute approximate surface area is 106 Å². The lowest BCUT2D eigenvalue weighted by atomic mass is 9.83. The van der Waals surface area contributed by atoms with E-state index in [1.165, 1.54) is 0 Å². The first kappa shape index (κ1) is 14.5. The lowest BCUT2D eigenvalue weighted by Gasteiger charge is -2.25. The molecular weight excluding hydrogens is 236 g/mol. The standard InChI is InChI=1S/C12H18N2O4/c1-18-12(17)11(14-13)10(16)7-9(15)8-5-3-2-4-6-8/h8-9,15H,2-7H2,1H3. The largest absolute Gasteiger partial charge is 0.460 e. The SMILES string of the molecule is COC(=O)C(=[N+]=[N-])C(=O)CC(O)C1CCCCC1. The number of carbonyl (C=O) groups excluding carboxylic acids is 2. The molecule has 0 aromatic heterocycles. The van der Waals surface area contributed by atoms with E-state index in [1.54, 1.807) is 0 Å². The minimum atomic E-state index is -0.988. The van der Waals surface area contributed by atoms with Crippen LogP contribution in [0.1, 0.15) is 38.5 Å². The average molecular weight is 254 g/mol. The van der Waals surface area contributed by atoms with Gasteiger partial charge in [-0.1, -0.05) is 19.3 Å². The van der Waals surface area contributed by atoms with Gasteiger partial charge in [-0.05, 0) is 18.8 Å². The van der Waals surface area contributed by atoms with E-state index in [4.69, 9.17) is 5.53 Å². The fourth-order valence-electron chi connectivity index (χ4n) is 2.28. The third-order valence-corrected chi connectivity index (χ3v) is 3.33. The van der Waals surface area contributed by atoms with Gasteiger partial charge in [0.05, 0.1) is 13.2 Å². The van der Waals surface area contributed by atoms with Crippen molar-refractivity contribution in [3.63, 3.8) is 0 Å². The minimum absolute atomic E-state index is 0.0836. The van der Waals surface area contributed by atoms with Crippen LogP contribution in [0.3, 0.4) is 0 Å². The molecule has 1 aliphatic rings. The molecule has 6 nitrogen and oxygen atoms in total. The van der Waals surface area contributed by atoms with Crippen molar-refractivity contribution in [2.75, 3.05) is 7.11 Å². The Balaban J connectivity index is 2.57. The molecule has 0 aliphatic heterocycles.